The third-order valence-corrected chi connectivity index (χ3v) is 6.69. The van der Waals surface area contributed by atoms with Gasteiger partial charge >= 0.3 is 0 Å². The van der Waals surface area contributed by atoms with E-state index in [1.807, 2.05) is 50.2 Å². The van der Waals surface area contributed by atoms with E-state index in [9.17, 15) is 9.59 Å². The van der Waals surface area contributed by atoms with Gasteiger partial charge in [0.05, 0.1) is 11.7 Å². The summed E-state index contributed by atoms with van der Waals surface area (Å²) in [5, 5.41) is 3.49. The number of amides is 1. The van der Waals surface area contributed by atoms with Gasteiger partial charge in [0.2, 0.25) is 5.91 Å². The Morgan fingerprint density at radius 1 is 1.10 bits per heavy atom. The molecule has 2 aromatic carbocycles. The quantitative estimate of drug-likeness (QED) is 0.445. The van der Waals surface area contributed by atoms with Crippen LogP contribution in [0, 0.1) is 20.8 Å². The molecular formula is C25H25N3O2S. The summed E-state index contributed by atoms with van der Waals surface area (Å²) in [6.07, 6.45) is 1.98. The van der Waals surface area contributed by atoms with Crippen molar-refractivity contribution in [3.05, 3.63) is 81.2 Å². The summed E-state index contributed by atoms with van der Waals surface area (Å²) in [6.45, 7) is 8.05. The van der Waals surface area contributed by atoms with Gasteiger partial charge in [-0.3, -0.25) is 14.2 Å². The summed E-state index contributed by atoms with van der Waals surface area (Å²) in [7, 11) is 0. The predicted molar refractivity (Wildman–Crippen MR) is 128 cm³/mol. The van der Waals surface area contributed by atoms with Crippen LogP contribution in [0.5, 0.6) is 0 Å². The van der Waals surface area contributed by atoms with E-state index in [1.54, 1.807) is 0 Å². The van der Waals surface area contributed by atoms with Crippen LogP contribution >= 0.6 is 11.3 Å². The highest BCUT2D eigenvalue weighted by Gasteiger charge is 2.24. The van der Waals surface area contributed by atoms with Crippen molar-refractivity contribution in [2.24, 2.45) is 0 Å². The Labute approximate surface area is 185 Å². The van der Waals surface area contributed by atoms with Gasteiger partial charge in [0.1, 0.15) is 10.9 Å². The van der Waals surface area contributed by atoms with Crippen molar-refractivity contribution in [3.63, 3.8) is 0 Å². The van der Waals surface area contributed by atoms with Gasteiger partial charge in [0.15, 0.2) is 0 Å². The first-order valence-corrected chi connectivity index (χ1v) is 11.2. The molecular weight excluding hydrogens is 406 g/mol. The standard InChI is InChI=1S/C25H25N3O2S/c1-5-20(23(29)27-19-9-7-6-8-10-19)28-14-26-24-22(25(28)30)21(17(4)31-24)18-12-11-15(2)16(3)13-18/h6-14,20H,5H2,1-4H3,(H,27,29). The highest BCUT2D eigenvalue weighted by atomic mass is 32.1. The number of rotatable bonds is 5. The Balaban J connectivity index is 1.82. The van der Waals surface area contributed by atoms with E-state index in [2.05, 4.69) is 36.3 Å². The number of carbonyl (C=O) groups excluding carboxylic acids is 1. The van der Waals surface area contributed by atoms with Crippen LogP contribution in [-0.2, 0) is 4.79 Å². The second-order valence-electron chi connectivity index (χ2n) is 7.75. The fraction of sp³-hybridized carbons (Fsp3) is 0.240. The molecule has 1 N–H and O–H groups in total. The zero-order valence-electron chi connectivity index (χ0n) is 18.1. The third kappa shape index (κ3) is 3.91. The van der Waals surface area contributed by atoms with Crippen molar-refractivity contribution in [1.29, 1.82) is 0 Å². The monoisotopic (exact) mass is 431 g/mol. The number of fused-ring (bicyclic) bond motifs is 1. The summed E-state index contributed by atoms with van der Waals surface area (Å²) in [5.41, 5.74) is 4.82. The lowest BCUT2D eigenvalue weighted by Crippen LogP contribution is -2.33. The van der Waals surface area contributed by atoms with Crippen molar-refractivity contribution >= 4 is 33.1 Å². The Bertz CT molecular complexity index is 1320. The minimum Gasteiger partial charge on any atom is -0.324 e. The molecule has 0 saturated heterocycles. The van der Waals surface area contributed by atoms with Crippen molar-refractivity contribution in [3.8, 4) is 11.1 Å². The highest BCUT2D eigenvalue weighted by Crippen LogP contribution is 2.36. The largest absolute Gasteiger partial charge is 0.324 e. The first-order valence-electron chi connectivity index (χ1n) is 10.3. The second kappa shape index (κ2) is 8.47. The van der Waals surface area contributed by atoms with Crippen molar-refractivity contribution in [2.45, 2.75) is 40.2 Å². The molecule has 0 radical (unpaired) electrons. The average Bonchev–Trinajstić information content (AvgIpc) is 3.09. The fourth-order valence-corrected chi connectivity index (χ4v) is 4.84. The summed E-state index contributed by atoms with van der Waals surface area (Å²) in [5.74, 6) is -0.225. The maximum atomic E-state index is 13.6. The van der Waals surface area contributed by atoms with Gasteiger partial charge in [-0.1, -0.05) is 43.3 Å². The lowest BCUT2D eigenvalue weighted by molar-refractivity contribution is -0.119. The van der Waals surface area contributed by atoms with Gasteiger partial charge in [-0.2, -0.15) is 0 Å². The van der Waals surface area contributed by atoms with Crippen LogP contribution in [0.15, 0.2) is 59.7 Å². The minimum atomic E-state index is -0.641. The molecule has 5 nitrogen and oxygen atoms in total. The number of para-hydroxylation sites is 1. The van der Waals surface area contributed by atoms with Crippen LogP contribution in [0.25, 0.3) is 21.3 Å². The SMILES string of the molecule is CCC(C(=O)Nc1ccccc1)n1cnc2sc(C)c(-c3ccc(C)c(C)c3)c2c1=O. The number of thiophene rings is 1. The van der Waals surface area contributed by atoms with Gasteiger partial charge < -0.3 is 5.32 Å². The average molecular weight is 432 g/mol. The van der Waals surface area contributed by atoms with E-state index in [1.165, 1.54) is 33.4 Å². The number of aryl methyl sites for hydroxylation is 3. The van der Waals surface area contributed by atoms with E-state index < -0.39 is 6.04 Å². The number of anilines is 1. The van der Waals surface area contributed by atoms with Gasteiger partial charge in [-0.05, 0) is 56.0 Å². The van der Waals surface area contributed by atoms with E-state index >= 15 is 0 Å². The molecule has 0 spiro atoms. The molecule has 0 aliphatic rings. The molecule has 31 heavy (non-hydrogen) atoms. The lowest BCUT2D eigenvalue weighted by atomic mass is 9.99. The molecule has 158 valence electrons. The molecule has 0 fully saturated rings. The summed E-state index contributed by atoms with van der Waals surface area (Å²) in [4.78, 5) is 32.9. The number of carbonyl (C=O) groups is 1. The third-order valence-electron chi connectivity index (χ3n) is 5.68. The molecule has 0 aliphatic heterocycles. The normalized spacial score (nSPS) is 12.1. The number of hydrogen-bond donors (Lipinski definition) is 1. The summed E-state index contributed by atoms with van der Waals surface area (Å²) >= 11 is 1.51. The number of benzene rings is 2. The summed E-state index contributed by atoms with van der Waals surface area (Å²) < 4.78 is 1.47. The Morgan fingerprint density at radius 3 is 2.52 bits per heavy atom. The Kier molecular flexibility index (Phi) is 5.74. The molecule has 0 aliphatic carbocycles. The van der Waals surface area contributed by atoms with E-state index in [0.717, 1.165) is 16.0 Å². The number of aromatic nitrogens is 2. The van der Waals surface area contributed by atoms with Gasteiger partial charge in [0.25, 0.3) is 5.56 Å². The first-order chi connectivity index (χ1) is 14.9. The maximum absolute atomic E-state index is 13.6. The van der Waals surface area contributed by atoms with Crippen molar-refractivity contribution in [2.75, 3.05) is 5.32 Å². The molecule has 1 unspecified atom stereocenters. The fourth-order valence-electron chi connectivity index (χ4n) is 3.84. The van der Waals surface area contributed by atoms with Crippen LogP contribution in [-0.4, -0.2) is 15.5 Å². The number of hydrogen-bond acceptors (Lipinski definition) is 4. The number of nitrogens with one attached hydrogen (secondary N) is 1. The van der Waals surface area contributed by atoms with Gasteiger partial charge in [0, 0.05) is 16.1 Å². The zero-order valence-corrected chi connectivity index (χ0v) is 18.9. The Hall–Kier alpha value is -3.25. The van der Waals surface area contributed by atoms with E-state index in [-0.39, 0.29) is 11.5 Å². The molecule has 6 heteroatoms. The zero-order chi connectivity index (χ0) is 22.1. The van der Waals surface area contributed by atoms with Crippen molar-refractivity contribution in [1.82, 2.24) is 9.55 Å². The van der Waals surface area contributed by atoms with Crippen LogP contribution < -0.4 is 10.9 Å². The van der Waals surface area contributed by atoms with Gasteiger partial charge in [-0.15, -0.1) is 11.3 Å². The molecule has 2 aromatic heterocycles. The molecule has 4 rings (SSSR count). The van der Waals surface area contributed by atoms with Crippen LogP contribution in [0.4, 0.5) is 5.69 Å². The van der Waals surface area contributed by atoms with Gasteiger partial charge in [-0.25, -0.2) is 4.98 Å². The first kappa shape index (κ1) is 21.0. The topological polar surface area (TPSA) is 64.0 Å². The molecule has 0 saturated carbocycles. The molecule has 4 aromatic rings. The van der Waals surface area contributed by atoms with E-state index in [4.69, 9.17) is 0 Å². The number of nitrogens with zero attached hydrogens (tertiary/aromatic N) is 2. The summed E-state index contributed by atoms with van der Waals surface area (Å²) in [6, 6.07) is 14.9. The molecule has 1 atom stereocenters. The molecule has 0 bridgehead atoms. The maximum Gasteiger partial charge on any atom is 0.263 e. The predicted octanol–water partition coefficient (Wildman–Crippen LogP) is 5.64. The van der Waals surface area contributed by atoms with Crippen LogP contribution in [0.3, 0.4) is 0 Å². The van der Waals surface area contributed by atoms with E-state index in [0.29, 0.717) is 22.3 Å². The van der Waals surface area contributed by atoms with Crippen LogP contribution in [0.1, 0.15) is 35.4 Å². The van der Waals surface area contributed by atoms with Crippen molar-refractivity contribution < 1.29 is 4.79 Å². The minimum absolute atomic E-state index is 0.183. The Morgan fingerprint density at radius 2 is 1.84 bits per heavy atom. The van der Waals surface area contributed by atoms with Crippen LogP contribution in [0.2, 0.25) is 0 Å². The smallest absolute Gasteiger partial charge is 0.263 e. The highest BCUT2D eigenvalue weighted by molar-refractivity contribution is 7.19. The molecule has 1 amide bonds. The molecule has 2 heterocycles. The second-order valence-corrected chi connectivity index (χ2v) is 8.95. The lowest BCUT2D eigenvalue weighted by Gasteiger charge is -2.18.